The highest BCUT2D eigenvalue weighted by atomic mass is 32.2. The van der Waals surface area contributed by atoms with Gasteiger partial charge in [0.2, 0.25) is 5.78 Å². The molecule has 0 fully saturated rings. The average molecular weight is 391 g/mol. The summed E-state index contributed by atoms with van der Waals surface area (Å²) in [4.78, 5) is 12.8. The van der Waals surface area contributed by atoms with E-state index in [1.807, 2.05) is 0 Å². The largest absolute Gasteiger partial charge is 0.336 e. The second kappa shape index (κ2) is 7.87. The van der Waals surface area contributed by atoms with Crippen LogP contribution in [0.1, 0.15) is 20.8 Å². The Labute approximate surface area is 158 Å². The molecule has 0 saturated carbocycles. The first-order valence-electron chi connectivity index (χ1n) is 8.20. The number of carbonyl (C=O) groups excluding carboxylic acids is 1. The molecule has 2 aromatic carbocycles. The van der Waals surface area contributed by atoms with Crippen LogP contribution in [0.15, 0.2) is 59.7 Å². The molecule has 6 nitrogen and oxygen atoms in total. The summed E-state index contributed by atoms with van der Waals surface area (Å²) in [7, 11) is -3.81. The van der Waals surface area contributed by atoms with Crippen molar-refractivity contribution in [2.75, 3.05) is 16.0 Å². The second-order valence-corrected chi connectivity index (χ2v) is 8.82. The number of carbonyl (C=O) groups is 1. The SMILES string of the molecule is CC(C)(C)C(=O)C(=NN(c1ccccc1)S(C)(=O)=O)Nc1cccc(F)c1. The van der Waals surface area contributed by atoms with Gasteiger partial charge in [0.15, 0.2) is 5.84 Å². The molecule has 0 unspecified atom stereocenters. The number of hydrogen-bond acceptors (Lipinski definition) is 4. The highest BCUT2D eigenvalue weighted by molar-refractivity contribution is 7.92. The fraction of sp³-hybridized carbons (Fsp3) is 0.263. The summed E-state index contributed by atoms with van der Waals surface area (Å²) >= 11 is 0. The highest BCUT2D eigenvalue weighted by Gasteiger charge is 2.29. The van der Waals surface area contributed by atoms with Crippen molar-refractivity contribution < 1.29 is 17.6 Å². The summed E-state index contributed by atoms with van der Waals surface area (Å²) < 4.78 is 38.8. The van der Waals surface area contributed by atoms with Crippen LogP contribution in [-0.4, -0.2) is 26.3 Å². The van der Waals surface area contributed by atoms with Crippen LogP contribution in [0.5, 0.6) is 0 Å². The third-order valence-electron chi connectivity index (χ3n) is 3.47. The number of Topliss-reactive ketones (excluding diaryl/α,β-unsaturated/α-hetero) is 1. The molecule has 0 atom stereocenters. The van der Waals surface area contributed by atoms with E-state index < -0.39 is 27.0 Å². The standard InChI is InChI=1S/C19H22FN3O3S/c1-19(2,3)17(24)18(21-15-10-8-9-14(20)13-15)22-23(27(4,25)26)16-11-6-5-7-12-16/h5-13H,1-4H3,(H,21,22). The molecule has 0 bridgehead atoms. The smallest absolute Gasteiger partial charge is 0.251 e. The first kappa shape index (κ1) is 20.6. The van der Waals surface area contributed by atoms with Crippen LogP contribution in [0.4, 0.5) is 15.8 Å². The number of hydrogen-bond donors (Lipinski definition) is 1. The van der Waals surface area contributed by atoms with Crippen molar-refractivity contribution in [1.82, 2.24) is 0 Å². The van der Waals surface area contributed by atoms with Crippen LogP contribution in [0.25, 0.3) is 0 Å². The van der Waals surface area contributed by atoms with E-state index in [9.17, 15) is 17.6 Å². The maximum Gasteiger partial charge on any atom is 0.251 e. The van der Waals surface area contributed by atoms with Gasteiger partial charge in [-0.2, -0.15) is 4.41 Å². The molecule has 0 saturated heterocycles. The molecule has 0 amide bonds. The minimum Gasteiger partial charge on any atom is -0.336 e. The van der Waals surface area contributed by atoms with Gasteiger partial charge in [0, 0.05) is 11.1 Å². The van der Waals surface area contributed by atoms with Gasteiger partial charge >= 0.3 is 0 Å². The van der Waals surface area contributed by atoms with Gasteiger partial charge < -0.3 is 5.32 Å². The molecule has 0 radical (unpaired) electrons. The number of benzene rings is 2. The molecule has 2 aromatic rings. The van der Waals surface area contributed by atoms with Crippen molar-refractivity contribution in [1.29, 1.82) is 0 Å². The Bertz CT molecular complexity index is 952. The summed E-state index contributed by atoms with van der Waals surface area (Å²) in [5.41, 5.74) is -0.271. The van der Waals surface area contributed by atoms with E-state index in [0.717, 1.165) is 10.7 Å². The predicted octanol–water partition coefficient (Wildman–Crippen LogP) is 3.63. The Morgan fingerprint density at radius 2 is 1.70 bits per heavy atom. The van der Waals surface area contributed by atoms with Crippen LogP contribution in [-0.2, 0) is 14.8 Å². The van der Waals surface area contributed by atoms with Gasteiger partial charge in [0.25, 0.3) is 10.0 Å². The van der Waals surface area contributed by atoms with E-state index in [0.29, 0.717) is 0 Å². The monoisotopic (exact) mass is 391 g/mol. The Hall–Kier alpha value is -2.74. The molecule has 0 aliphatic heterocycles. The summed E-state index contributed by atoms with van der Waals surface area (Å²) in [6, 6.07) is 13.7. The molecule has 0 aliphatic carbocycles. The minimum absolute atomic E-state index is 0.206. The zero-order valence-electron chi connectivity index (χ0n) is 15.6. The third-order valence-corrected chi connectivity index (χ3v) is 4.39. The number of para-hydroxylation sites is 1. The van der Waals surface area contributed by atoms with E-state index in [1.165, 1.54) is 18.2 Å². The van der Waals surface area contributed by atoms with Crippen LogP contribution in [0, 0.1) is 11.2 Å². The maximum absolute atomic E-state index is 13.5. The van der Waals surface area contributed by atoms with Gasteiger partial charge in [-0.15, -0.1) is 5.10 Å². The van der Waals surface area contributed by atoms with Gasteiger partial charge in [0.1, 0.15) is 5.82 Å². The van der Waals surface area contributed by atoms with Crippen molar-refractivity contribution in [2.45, 2.75) is 20.8 Å². The molecule has 0 aliphatic rings. The highest BCUT2D eigenvalue weighted by Crippen LogP contribution is 2.21. The number of rotatable bonds is 5. The van der Waals surface area contributed by atoms with Gasteiger partial charge in [-0.1, -0.05) is 45.0 Å². The Morgan fingerprint density at radius 3 is 2.22 bits per heavy atom. The van der Waals surface area contributed by atoms with Gasteiger partial charge in [-0.05, 0) is 30.3 Å². The third kappa shape index (κ3) is 5.62. The minimum atomic E-state index is -3.81. The van der Waals surface area contributed by atoms with E-state index in [4.69, 9.17) is 0 Å². The molecule has 0 spiro atoms. The zero-order chi connectivity index (χ0) is 20.2. The van der Waals surface area contributed by atoms with Crippen LogP contribution >= 0.6 is 0 Å². The van der Waals surface area contributed by atoms with E-state index in [1.54, 1.807) is 57.2 Å². The number of nitrogens with one attached hydrogen (secondary N) is 1. The summed E-state index contributed by atoms with van der Waals surface area (Å²) in [5, 5.41) is 6.84. The van der Waals surface area contributed by atoms with E-state index in [2.05, 4.69) is 10.4 Å². The zero-order valence-corrected chi connectivity index (χ0v) is 16.4. The molecular formula is C19H22FN3O3S. The molecule has 0 aromatic heterocycles. The molecule has 0 heterocycles. The Morgan fingerprint density at radius 1 is 1.07 bits per heavy atom. The van der Waals surface area contributed by atoms with Gasteiger partial charge in [-0.25, -0.2) is 12.8 Å². The topological polar surface area (TPSA) is 78.8 Å². The Balaban J connectivity index is 2.57. The summed E-state index contributed by atoms with van der Waals surface area (Å²) in [6.45, 7) is 5.06. The second-order valence-electron chi connectivity index (χ2n) is 7.00. The van der Waals surface area contributed by atoms with Crippen molar-refractivity contribution in [3.63, 3.8) is 0 Å². The number of nitrogens with zero attached hydrogens (tertiary/aromatic N) is 2. The van der Waals surface area contributed by atoms with Gasteiger partial charge in [-0.3, -0.25) is 4.79 Å². The van der Waals surface area contributed by atoms with E-state index >= 15 is 0 Å². The molecule has 144 valence electrons. The lowest BCUT2D eigenvalue weighted by atomic mass is 9.90. The van der Waals surface area contributed by atoms with Crippen molar-refractivity contribution in [2.24, 2.45) is 10.5 Å². The molecule has 1 N–H and O–H groups in total. The van der Waals surface area contributed by atoms with Crippen molar-refractivity contribution >= 4 is 33.0 Å². The predicted molar refractivity (Wildman–Crippen MR) is 106 cm³/mol. The molecule has 2 rings (SSSR count). The molecule has 27 heavy (non-hydrogen) atoms. The number of ketones is 1. The molecular weight excluding hydrogens is 369 g/mol. The van der Waals surface area contributed by atoms with E-state index in [-0.39, 0.29) is 17.2 Å². The van der Waals surface area contributed by atoms with Crippen molar-refractivity contribution in [3.05, 3.63) is 60.4 Å². The number of sulfonamides is 1. The average Bonchev–Trinajstić information content (AvgIpc) is 2.57. The van der Waals surface area contributed by atoms with Crippen LogP contribution in [0.2, 0.25) is 0 Å². The maximum atomic E-state index is 13.5. The number of amidine groups is 1. The summed E-state index contributed by atoms with van der Waals surface area (Å²) in [5.74, 6) is -1.12. The lowest BCUT2D eigenvalue weighted by molar-refractivity contribution is -0.119. The lowest BCUT2D eigenvalue weighted by Gasteiger charge is -2.22. The Kier molecular flexibility index (Phi) is 6.00. The van der Waals surface area contributed by atoms with Crippen molar-refractivity contribution in [3.8, 4) is 0 Å². The summed E-state index contributed by atoms with van der Waals surface area (Å²) in [6.07, 6.45) is 0.991. The normalized spacial score (nSPS) is 12.6. The van der Waals surface area contributed by atoms with Crippen LogP contribution in [0.3, 0.4) is 0 Å². The first-order valence-corrected chi connectivity index (χ1v) is 10.0. The fourth-order valence-electron chi connectivity index (χ4n) is 2.16. The molecule has 8 heteroatoms. The first-order chi connectivity index (χ1) is 12.5. The van der Waals surface area contributed by atoms with Gasteiger partial charge in [0.05, 0.1) is 11.9 Å². The fourth-order valence-corrected chi connectivity index (χ4v) is 2.89. The number of anilines is 2. The number of halogens is 1. The van der Waals surface area contributed by atoms with Crippen LogP contribution < -0.4 is 9.73 Å². The lowest BCUT2D eigenvalue weighted by Crippen LogP contribution is -2.37. The quantitative estimate of drug-likeness (QED) is 0.480. The number of hydrazone groups is 1.